The third kappa shape index (κ3) is 2.04. The summed E-state index contributed by atoms with van der Waals surface area (Å²) in [7, 11) is 0. The number of piperidine rings is 1. The molecular weight excluding hydrogens is 188 g/mol. The Balaban J connectivity index is 2.24. The van der Waals surface area contributed by atoms with Gasteiger partial charge >= 0.3 is 0 Å². The Morgan fingerprint density at radius 3 is 2.87 bits per heavy atom. The molecule has 1 fully saturated rings. The van der Waals surface area contributed by atoms with Crippen molar-refractivity contribution in [3.63, 3.8) is 0 Å². The van der Waals surface area contributed by atoms with Crippen LogP contribution in [0.4, 0.5) is 0 Å². The minimum absolute atomic E-state index is 0.178. The number of aryl methyl sites for hydroxylation is 1. The van der Waals surface area contributed by atoms with Crippen LogP contribution in [0.15, 0.2) is 0 Å². The molecule has 15 heavy (non-hydrogen) atoms. The number of rotatable bonds is 3. The van der Waals surface area contributed by atoms with Gasteiger partial charge in [0, 0.05) is 12.0 Å². The summed E-state index contributed by atoms with van der Waals surface area (Å²) >= 11 is 0. The van der Waals surface area contributed by atoms with E-state index in [1.165, 1.54) is 25.7 Å². The summed E-state index contributed by atoms with van der Waals surface area (Å²) in [5, 5.41) is 10.8. The number of hydrogen-bond acceptors (Lipinski definition) is 3. The maximum absolute atomic E-state index is 4.52. The number of aromatic amines is 1. The highest BCUT2D eigenvalue weighted by Crippen LogP contribution is 2.33. The molecule has 1 aromatic rings. The second-order valence-corrected chi connectivity index (χ2v) is 4.56. The highest BCUT2D eigenvalue weighted by molar-refractivity contribution is 5.10. The quantitative estimate of drug-likeness (QED) is 0.792. The van der Waals surface area contributed by atoms with Gasteiger partial charge in [0.2, 0.25) is 0 Å². The van der Waals surface area contributed by atoms with Crippen LogP contribution in [0.3, 0.4) is 0 Å². The highest BCUT2D eigenvalue weighted by Gasteiger charge is 2.36. The molecule has 0 aromatic carbocycles. The molecule has 1 aromatic heterocycles. The van der Waals surface area contributed by atoms with Crippen molar-refractivity contribution >= 4 is 0 Å². The van der Waals surface area contributed by atoms with Crippen LogP contribution in [0.5, 0.6) is 0 Å². The van der Waals surface area contributed by atoms with E-state index >= 15 is 0 Å². The van der Waals surface area contributed by atoms with Crippen molar-refractivity contribution in [3.05, 3.63) is 11.6 Å². The Morgan fingerprint density at radius 2 is 2.33 bits per heavy atom. The monoisotopic (exact) mass is 208 g/mol. The van der Waals surface area contributed by atoms with E-state index in [9.17, 15) is 0 Å². The van der Waals surface area contributed by atoms with Crippen LogP contribution in [0, 0.1) is 6.92 Å². The Labute approximate surface area is 90.9 Å². The number of H-pyrrole nitrogens is 1. The Bertz CT molecular complexity index is 307. The molecule has 2 N–H and O–H groups in total. The lowest BCUT2D eigenvalue weighted by Gasteiger charge is -2.35. The molecule has 0 saturated carbocycles. The van der Waals surface area contributed by atoms with Crippen LogP contribution in [0.25, 0.3) is 0 Å². The van der Waals surface area contributed by atoms with Crippen LogP contribution in [-0.2, 0) is 5.41 Å². The zero-order valence-corrected chi connectivity index (χ0v) is 9.64. The summed E-state index contributed by atoms with van der Waals surface area (Å²) in [5.41, 5.74) is 0.178. The van der Waals surface area contributed by atoms with Crippen LogP contribution in [0.2, 0.25) is 0 Å². The van der Waals surface area contributed by atoms with E-state index in [-0.39, 0.29) is 5.41 Å². The fraction of sp³-hybridized carbons (Fsp3) is 0.818. The van der Waals surface area contributed by atoms with E-state index in [2.05, 4.69) is 27.4 Å². The Hall–Kier alpha value is -0.900. The number of nitrogens with zero attached hydrogens (tertiary/aromatic N) is 2. The van der Waals surface area contributed by atoms with Gasteiger partial charge in [0.25, 0.3) is 0 Å². The van der Waals surface area contributed by atoms with Crippen molar-refractivity contribution in [2.24, 2.45) is 0 Å². The zero-order valence-electron chi connectivity index (χ0n) is 9.64. The van der Waals surface area contributed by atoms with Crippen molar-refractivity contribution in [2.75, 3.05) is 13.1 Å². The van der Waals surface area contributed by atoms with E-state index < -0.39 is 0 Å². The van der Waals surface area contributed by atoms with Gasteiger partial charge in [-0.15, -0.1) is 0 Å². The molecule has 1 unspecified atom stereocenters. The predicted molar refractivity (Wildman–Crippen MR) is 59.8 cm³/mol. The molecule has 84 valence electrons. The third-order valence-corrected chi connectivity index (χ3v) is 3.27. The molecule has 1 atom stereocenters. The van der Waals surface area contributed by atoms with E-state index in [0.717, 1.165) is 24.7 Å². The summed E-state index contributed by atoms with van der Waals surface area (Å²) < 4.78 is 0. The second kappa shape index (κ2) is 4.31. The molecular formula is C11H20N4. The van der Waals surface area contributed by atoms with Crippen molar-refractivity contribution in [1.29, 1.82) is 0 Å². The molecule has 1 aliphatic rings. The van der Waals surface area contributed by atoms with Crippen molar-refractivity contribution in [1.82, 2.24) is 20.5 Å². The van der Waals surface area contributed by atoms with Gasteiger partial charge in [0.15, 0.2) is 5.82 Å². The summed E-state index contributed by atoms with van der Waals surface area (Å²) in [6.45, 7) is 6.36. The fourth-order valence-electron chi connectivity index (χ4n) is 2.54. The number of nitrogens with one attached hydrogen (secondary N) is 2. The van der Waals surface area contributed by atoms with Gasteiger partial charge in [0.05, 0.1) is 0 Å². The van der Waals surface area contributed by atoms with Crippen LogP contribution in [0.1, 0.15) is 44.3 Å². The minimum atomic E-state index is 0.178. The lowest BCUT2D eigenvalue weighted by Crippen LogP contribution is -2.44. The maximum Gasteiger partial charge on any atom is 0.158 e. The minimum Gasteiger partial charge on any atom is -0.316 e. The SMILES string of the molecule is CCCC1(c2n[nH]c(C)n2)CCCNC1. The molecule has 0 bridgehead atoms. The van der Waals surface area contributed by atoms with Crippen molar-refractivity contribution < 1.29 is 0 Å². The molecule has 0 radical (unpaired) electrons. The average Bonchev–Trinajstić information content (AvgIpc) is 2.67. The lowest BCUT2D eigenvalue weighted by molar-refractivity contribution is 0.276. The second-order valence-electron chi connectivity index (χ2n) is 4.56. The fourth-order valence-corrected chi connectivity index (χ4v) is 2.54. The largest absolute Gasteiger partial charge is 0.316 e. The smallest absolute Gasteiger partial charge is 0.158 e. The van der Waals surface area contributed by atoms with Gasteiger partial charge in [-0.25, -0.2) is 4.98 Å². The zero-order chi connectivity index (χ0) is 10.7. The molecule has 1 saturated heterocycles. The predicted octanol–water partition coefficient (Wildman–Crippen LogP) is 1.53. The normalized spacial score (nSPS) is 26.8. The van der Waals surface area contributed by atoms with Crippen LogP contribution >= 0.6 is 0 Å². The summed E-state index contributed by atoms with van der Waals surface area (Å²) in [6.07, 6.45) is 4.81. The third-order valence-electron chi connectivity index (χ3n) is 3.27. The molecule has 0 aliphatic carbocycles. The number of aromatic nitrogens is 3. The van der Waals surface area contributed by atoms with E-state index in [4.69, 9.17) is 0 Å². The lowest BCUT2D eigenvalue weighted by atomic mass is 9.76. The van der Waals surface area contributed by atoms with Gasteiger partial charge in [-0.05, 0) is 32.7 Å². The maximum atomic E-state index is 4.52. The molecule has 0 spiro atoms. The van der Waals surface area contributed by atoms with E-state index in [1.807, 2.05) is 6.92 Å². The molecule has 4 heteroatoms. The first-order valence-electron chi connectivity index (χ1n) is 5.87. The highest BCUT2D eigenvalue weighted by atomic mass is 15.2. The van der Waals surface area contributed by atoms with Crippen LogP contribution in [-0.4, -0.2) is 28.3 Å². The summed E-state index contributed by atoms with van der Waals surface area (Å²) in [6, 6.07) is 0. The van der Waals surface area contributed by atoms with Gasteiger partial charge < -0.3 is 5.32 Å². The standard InChI is InChI=1S/C11H20N4/c1-3-5-11(6-4-7-12-8-11)10-13-9(2)14-15-10/h12H,3-8H2,1-2H3,(H,13,14,15). The first-order chi connectivity index (χ1) is 7.27. The average molecular weight is 208 g/mol. The first kappa shape index (κ1) is 10.6. The van der Waals surface area contributed by atoms with E-state index in [1.54, 1.807) is 0 Å². The molecule has 2 heterocycles. The van der Waals surface area contributed by atoms with Gasteiger partial charge in [-0.2, -0.15) is 5.10 Å². The topological polar surface area (TPSA) is 53.6 Å². The van der Waals surface area contributed by atoms with Gasteiger partial charge in [-0.1, -0.05) is 13.3 Å². The Kier molecular flexibility index (Phi) is 3.05. The van der Waals surface area contributed by atoms with Gasteiger partial charge in [0.1, 0.15) is 5.82 Å². The molecule has 0 amide bonds. The molecule has 1 aliphatic heterocycles. The first-order valence-corrected chi connectivity index (χ1v) is 5.87. The Morgan fingerprint density at radius 1 is 1.47 bits per heavy atom. The van der Waals surface area contributed by atoms with Crippen molar-refractivity contribution in [2.45, 2.75) is 44.9 Å². The summed E-state index contributed by atoms with van der Waals surface area (Å²) in [4.78, 5) is 4.52. The number of hydrogen-bond donors (Lipinski definition) is 2. The van der Waals surface area contributed by atoms with E-state index in [0.29, 0.717) is 0 Å². The molecule has 2 rings (SSSR count). The molecule has 4 nitrogen and oxygen atoms in total. The van der Waals surface area contributed by atoms with Crippen LogP contribution < -0.4 is 5.32 Å². The van der Waals surface area contributed by atoms with Gasteiger partial charge in [-0.3, -0.25) is 5.10 Å². The van der Waals surface area contributed by atoms with Crippen molar-refractivity contribution in [3.8, 4) is 0 Å². The summed E-state index contributed by atoms with van der Waals surface area (Å²) in [5.74, 6) is 1.93.